The van der Waals surface area contributed by atoms with Crippen molar-refractivity contribution in [1.29, 1.82) is 0 Å². The second-order valence-corrected chi connectivity index (χ2v) is 6.85. The molecule has 0 unspecified atom stereocenters. The minimum absolute atomic E-state index is 0.153. The number of aromatic carboxylic acids is 1. The molecular formula is C19H23N7O5. The zero-order valence-corrected chi connectivity index (χ0v) is 17.0. The largest absolute Gasteiger partial charge is 0.493 e. The molecule has 31 heavy (non-hydrogen) atoms. The number of carboxylic acids is 1. The van der Waals surface area contributed by atoms with Gasteiger partial charge in [0.05, 0.1) is 32.4 Å². The van der Waals surface area contributed by atoms with E-state index in [1.54, 1.807) is 19.2 Å². The number of methoxy groups -OCH3 is 1. The Morgan fingerprint density at radius 2 is 2.10 bits per heavy atom. The lowest BCUT2D eigenvalue weighted by Crippen LogP contribution is -2.37. The maximum absolute atomic E-state index is 11.0. The van der Waals surface area contributed by atoms with Gasteiger partial charge < -0.3 is 29.6 Å². The molecule has 1 fully saturated rings. The highest BCUT2D eigenvalue weighted by molar-refractivity contribution is 5.92. The molecule has 3 aromatic rings. The number of ether oxygens (including phenoxy) is 3. The first-order valence-corrected chi connectivity index (χ1v) is 9.82. The van der Waals surface area contributed by atoms with Crippen molar-refractivity contribution in [1.82, 2.24) is 30.0 Å². The van der Waals surface area contributed by atoms with Crippen LogP contribution in [0.4, 0.5) is 11.8 Å². The molecule has 0 amide bonds. The van der Waals surface area contributed by atoms with Gasteiger partial charge >= 0.3 is 5.97 Å². The minimum atomic E-state index is -1.20. The number of nitrogens with zero attached hydrogens (tertiary/aromatic N) is 5. The van der Waals surface area contributed by atoms with E-state index in [0.717, 1.165) is 39.3 Å². The third kappa shape index (κ3) is 4.98. The molecule has 0 aliphatic carbocycles. The molecule has 0 saturated carbocycles. The first kappa shape index (κ1) is 20.8. The molecule has 2 aromatic heterocycles. The van der Waals surface area contributed by atoms with E-state index in [-0.39, 0.29) is 11.8 Å². The van der Waals surface area contributed by atoms with Crippen LogP contribution in [0.3, 0.4) is 0 Å². The van der Waals surface area contributed by atoms with Crippen molar-refractivity contribution in [2.24, 2.45) is 0 Å². The average molecular weight is 429 g/mol. The van der Waals surface area contributed by atoms with Crippen molar-refractivity contribution >= 4 is 28.6 Å². The maximum atomic E-state index is 11.0. The topological polar surface area (TPSA) is 148 Å². The molecule has 0 radical (unpaired) electrons. The van der Waals surface area contributed by atoms with Gasteiger partial charge in [-0.2, -0.15) is 0 Å². The second-order valence-electron chi connectivity index (χ2n) is 6.85. The number of aromatic nitrogens is 5. The normalized spacial score (nSPS) is 14.5. The van der Waals surface area contributed by atoms with Gasteiger partial charge in [-0.05, 0) is 12.5 Å². The number of morpholine rings is 1. The van der Waals surface area contributed by atoms with E-state index in [9.17, 15) is 4.79 Å². The van der Waals surface area contributed by atoms with Crippen LogP contribution >= 0.6 is 0 Å². The Balaban J connectivity index is 1.47. The molecule has 1 aliphatic heterocycles. The van der Waals surface area contributed by atoms with Crippen LogP contribution in [0.5, 0.6) is 11.5 Å². The number of aromatic amines is 1. The fourth-order valence-electron chi connectivity index (χ4n) is 3.26. The number of carbonyl (C=O) groups is 1. The summed E-state index contributed by atoms with van der Waals surface area (Å²) >= 11 is 0. The fraction of sp³-hybridized carbons (Fsp3) is 0.421. The number of hydrogen-bond acceptors (Lipinski definition) is 10. The van der Waals surface area contributed by atoms with E-state index in [2.05, 4.69) is 35.4 Å². The van der Waals surface area contributed by atoms with Crippen molar-refractivity contribution < 1.29 is 24.1 Å². The first-order chi connectivity index (χ1) is 15.1. The van der Waals surface area contributed by atoms with Gasteiger partial charge in [0.25, 0.3) is 0 Å². The van der Waals surface area contributed by atoms with Crippen molar-refractivity contribution in [2.45, 2.75) is 6.42 Å². The highest BCUT2D eigenvalue weighted by atomic mass is 16.5. The van der Waals surface area contributed by atoms with Gasteiger partial charge in [0, 0.05) is 31.1 Å². The average Bonchev–Trinajstić information content (AvgIpc) is 3.26. The first-order valence-electron chi connectivity index (χ1n) is 9.82. The Morgan fingerprint density at radius 3 is 2.84 bits per heavy atom. The summed E-state index contributed by atoms with van der Waals surface area (Å²) in [4.78, 5) is 24.4. The predicted molar refractivity (Wildman–Crippen MR) is 110 cm³/mol. The van der Waals surface area contributed by atoms with Crippen LogP contribution in [-0.2, 0) is 4.74 Å². The predicted octanol–water partition coefficient (Wildman–Crippen LogP) is 1.30. The molecule has 4 rings (SSSR count). The van der Waals surface area contributed by atoms with Gasteiger partial charge in [0.2, 0.25) is 11.8 Å². The van der Waals surface area contributed by atoms with Crippen LogP contribution in [0.1, 0.15) is 17.0 Å². The van der Waals surface area contributed by atoms with Gasteiger partial charge in [-0.3, -0.25) is 4.90 Å². The Morgan fingerprint density at radius 1 is 1.26 bits per heavy atom. The van der Waals surface area contributed by atoms with Gasteiger partial charge in [-0.15, -0.1) is 10.2 Å². The van der Waals surface area contributed by atoms with Crippen LogP contribution < -0.4 is 14.8 Å². The molecule has 3 heterocycles. The number of fused-ring (bicyclic) bond motifs is 1. The molecule has 164 valence electrons. The molecule has 0 bridgehead atoms. The molecule has 0 atom stereocenters. The minimum Gasteiger partial charge on any atom is -0.493 e. The molecular weight excluding hydrogens is 406 g/mol. The van der Waals surface area contributed by atoms with Crippen LogP contribution in [-0.4, -0.2) is 87.7 Å². The molecule has 1 saturated heterocycles. The summed E-state index contributed by atoms with van der Waals surface area (Å²) in [5.41, 5.74) is 0.638. The number of hydrogen-bond donors (Lipinski definition) is 3. The van der Waals surface area contributed by atoms with Crippen LogP contribution in [0, 0.1) is 0 Å². The molecule has 1 aromatic carbocycles. The lowest BCUT2D eigenvalue weighted by atomic mass is 10.2. The van der Waals surface area contributed by atoms with E-state index < -0.39 is 5.97 Å². The van der Waals surface area contributed by atoms with Crippen LogP contribution in [0.25, 0.3) is 10.9 Å². The maximum Gasteiger partial charge on any atom is 0.373 e. The van der Waals surface area contributed by atoms with Crippen molar-refractivity contribution in [3.63, 3.8) is 0 Å². The Labute approximate surface area is 177 Å². The third-order valence-electron chi connectivity index (χ3n) is 4.83. The smallest absolute Gasteiger partial charge is 0.373 e. The summed E-state index contributed by atoms with van der Waals surface area (Å²) in [6.45, 7) is 4.95. The third-order valence-corrected chi connectivity index (χ3v) is 4.83. The summed E-state index contributed by atoms with van der Waals surface area (Å²) < 4.78 is 16.8. The summed E-state index contributed by atoms with van der Waals surface area (Å²) in [6.07, 6.45) is 2.28. The highest BCUT2D eigenvalue weighted by Gasteiger charge is 2.15. The zero-order valence-electron chi connectivity index (χ0n) is 17.0. The Kier molecular flexibility index (Phi) is 6.38. The fourth-order valence-corrected chi connectivity index (χ4v) is 3.26. The quantitative estimate of drug-likeness (QED) is 0.423. The second kappa shape index (κ2) is 9.53. The lowest BCUT2D eigenvalue weighted by molar-refractivity contribution is 0.0357. The van der Waals surface area contributed by atoms with E-state index in [1.165, 1.54) is 6.33 Å². The van der Waals surface area contributed by atoms with Crippen molar-refractivity contribution in [2.75, 3.05) is 51.9 Å². The monoisotopic (exact) mass is 429 g/mol. The number of rotatable bonds is 9. The molecule has 12 nitrogen and oxygen atoms in total. The van der Waals surface area contributed by atoms with Crippen molar-refractivity contribution in [3.05, 3.63) is 24.3 Å². The standard InChI is InChI=1S/C19H23N7O5/c1-29-14-9-12-13(10-15(14)31-6-2-3-26-4-7-30-8-5-26)20-11-21-16(12)22-19-23-17(18(27)28)24-25-19/h9-11H,2-8H2,1H3,(H,27,28)(H2,20,21,22,23,24,25). The van der Waals surface area contributed by atoms with E-state index >= 15 is 0 Å². The van der Waals surface area contributed by atoms with Gasteiger partial charge in [0.15, 0.2) is 11.5 Å². The summed E-state index contributed by atoms with van der Waals surface area (Å²) in [5, 5.41) is 19.9. The Bertz CT molecular complexity index is 1050. The molecule has 3 N–H and O–H groups in total. The van der Waals surface area contributed by atoms with Gasteiger partial charge in [-0.1, -0.05) is 0 Å². The highest BCUT2D eigenvalue weighted by Crippen LogP contribution is 2.34. The van der Waals surface area contributed by atoms with Crippen LogP contribution in [0.15, 0.2) is 18.5 Å². The number of benzene rings is 1. The van der Waals surface area contributed by atoms with E-state index in [1.807, 2.05) is 0 Å². The van der Waals surface area contributed by atoms with E-state index in [4.69, 9.17) is 19.3 Å². The molecule has 0 spiro atoms. The molecule has 12 heteroatoms. The number of H-pyrrole nitrogens is 1. The number of nitrogens with one attached hydrogen (secondary N) is 2. The SMILES string of the molecule is COc1cc2c(Nc3nnc(C(=O)O)[nH]3)ncnc2cc1OCCCN1CCOCC1. The Hall–Kier alpha value is -3.51. The van der Waals surface area contributed by atoms with Gasteiger partial charge in [-0.25, -0.2) is 14.8 Å². The number of anilines is 2. The summed E-state index contributed by atoms with van der Waals surface area (Å²) in [5.74, 6) is 0.237. The van der Waals surface area contributed by atoms with E-state index in [0.29, 0.717) is 34.8 Å². The van der Waals surface area contributed by atoms with Crippen LogP contribution in [0.2, 0.25) is 0 Å². The zero-order chi connectivity index (χ0) is 21.6. The van der Waals surface area contributed by atoms with Crippen molar-refractivity contribution in [3.8, 4) is 11.5 Å². The number of carboxylic acid groups (broad SMARTS) is 1. The summed E-state index contributed by atoms with van der Waals surface area (Å²) in [7, 11) is 1.56. The summed E-state index contributed by atoms with van der Waals surface area (Å²) in [6, 6.07) is 3.56. The lowest BCUT2D eigenvalue weighted by Gasteiger charge is -2.26. The van der Waals surface area contributed by atoms with Gasteiger partial charge in [0.1, 0.15) is 12.1 Å². The molecule has 1 aliphatic rings.